The van der Waals surface area contributed by atoms with Gasteiger partial charge in [-0.3, -0.25) is 0 Å². The van der Waals surface area contributed by atoms with Crippen molar-refractivity contribution < 1.29 is 9.90 Å². The van der Waals surface area contributed by atoms with Gasteiger partial charge in [0.2, 0.25) is 5.95 Å². The van der Waals surface area contributed by atoms with Crippen LogP contribution in [0.3, 0.4) is 0 Å². The third-order valence-electron chi connectivity index (χ3n) is 3.57. The van der Waals surface area contributed by atoms with Crippen LogP contribution in [0.1, 0.15) is 36.2 Å². The second-order valence-corrected chi connectivity index (χ2v) is 4.92. The van der Waals surface area contributed by atoms with Crippen molar-refractivity contribution in [2.24, 2.45) is 0 Å². The van der Waals surface area contributed by atoms with Crippen LogP contribution in [0.4, 0.5) is 5.95 Å². The van der Waals surface area contributed by atoms with Crippen LogP contribution in [0.5, 0.6) is 0 Å². The molecule has 0 saturated heterocycles. The number of nitrogens with one attached hydrogen (secondary N) is 1. The van der Waals surface area contributed by atoms with Crippen molar-refractivity contribution in [1.82, 2.24) is 14.9 Å². The minimum Gasteiger partial charge on any atom is -0.477 e. The number of nitrogens with zero attached hydrogens (tertiary/aromatic N) is 3. The zero-order valence-electron chi connectivity index (χ0n) is 11.2. The minimum absolute atomic E-state index is 0.0154. The fourth-order valence-corrected chi connectivity index (χ4v) is 2.43. The van der Waals surface area contributed by atoms with Gasteiger partial charge in [0.15, 0.2) is 5.69 Å². The molecule has 1 aromatic heterocycles. The van der Waals surface area contributed by atoms with Gasteiger partial charge in [-0.15, -0.1) is 0 Å². The lowest BCUT2D eigenvalue weighted by Gasteiger charge is -2.23. The van der Waals surface area contributed by atoms with Crippen molar-refractivity contribution in [3.63, 3.8) is 0 Å². The minimum atomic E-state index is -1.03. The van der Waals surface area contributed by atoms with Gasteiger partial charge in [0, 0.05) is 25.3 Å². The van der Waals surface area contributed by atoms with Crippen LogP contribution >= 0.6 is 0 Å². The van der Waals surface area contributed by atoms with Gasteiger partial charge in [0.05, 0.1) is 0 Å². The number of carboxylic acid groups (broad SMARTS) is 1. The first kappa shape index (κ1) is 13.7. The molecule has 0 spiro atoms. The van der Waals surface area contributed by atoms with Crippen molar-refractivity contribution in [3.8, 4) is 0 Å². The number of aromatic nitrogens is 2. The highest BCUT2D eigenvalue weighted by atomic mass is 16.4. The van der Waals surface area contributed by atoms with Crippen LogP contribution in [-0.2, 0) is 0 Å². The third kappa shape index (κ3) is 3.89. The van der Waals surface area contributed by atoms with E-state index >= 15 is 0 Å². The number of aromatic carboxylic acids is 1. The smallest absolute Gasteiger partial charge is 0.354 e. The topological polar surface area (TPSA) is 78.4 Å². The van der Waals surface area contributed by atoms with Crippen LogP contribution in [0.2, 0.25) is 0 Å². The maximum atomic E-state index is 10.8. The number of carbonyl (C=O) groups is 1. The summed E-state index contributed by atoms with van der Waals surface area (Å²) in [6, 6.07) is 2.08. The molecule has 104 valence electrons. The molecule has 0 unspecified atom stereocenters. The Bertz CT molecular complexity index is 432. The Morgan fingerprint density at radius 1 is 1.53 bits per heavy atom. The summed E-state index contributed by atoms with van der Waals surface area (Å²) in [5.74, 6) is -0.659. The Kier molecular flexibility index (Phi) is 4.68. The largest absolute Gasteiger partial charge is 0.477 e. The van der Waals surface area contributed by atoms with E-state index in [-0.39, 0.29) is 5.69 Å². The van der Waals surface area contributed by atoms with E-state index in [0.717, 1.165) is 13.1 Å². The van der Waals surface area contributed by atoms with Gasteiger partial charge in [0.1, 0.15) is 0 Å². The van der Waals surface area contributed by atoms with E-state index in [1.54, 1.807) is 0 Å². The first-order valence-corrected chi connectivity index (χ1v) is 6.67. The molecule has 0 aliphatic heterocycles. The Morgan fingerprint density at radius 2 is 2.26 bits per heavy atom. The van der Waals surface area contributed by atoms with Gasteiger partial charge in [-0.2, -0.15) is 0 Å². The van der Waals surface area contributed by atoms with Crippen LogP contribution in [-0.4, -0.2) is 52.1 Å². The lowest BCUT2D eigenvalue weighted by Crippen LogP contribution is -2.33. The molecule has 2 N–H and O–H groups in total. The van der Waals surface area contributed by atoms with E-state index in [2.05, 4.69) is 27.2 Å². The monoisotopic (exact) mass is 264 g/mol. The van der Waals surface area contributed by atoms with Crippen molar-refractivity contribution in [1.29, 1.82) is 0 Å². The summed E-state index contributed by atoms with van der Waals surface area (Å²) in [4.78, 5) is 21.1. The van der Waals surface area contributed by atoms with Crippen molar-refractivity contribution in [3.05, 3.63) is 18.0 Å². The summed E-state index contributed by atoms with van der Waals surface area (Å²) in [6.45, 7) is 1.63. The van der Waals surface area contributed by atoms with Crippen molar-refractivity contribution in [2.45, 2.75) is 31.7 Å². The summed E-state index contributed by atoms with van der Waals surface area (Å²) in [6.07, 6.45) is 6.67. The van der Waals surface area contributed by atoms with Crippen LogP contribution in [0, 0.1) is 0 Å². The first-order chi connectivity index (χ1) is 9.16. The molecule has 0 bridgehead atoms. The summed E-state index contributed by atoms with van der Waals surface area (Å²) in [5.41, 5.74) is 0.0154. The summed E-state index contributed by atoms with van der Waals surface area (Å²) >= 11 is 0. The molecule has 0 amide bonds. The van der Waals surface area contributed by atoms with Gasteiger partial charge in [-0.25, -0.2) is 14.8 Å². The Hall–Kier alpha value is -1.69. The number of carboxylic acids is 1. The van der Waals surface area contributed by atoms with Gasteiger partial charge in [0.25, 0.3) is 0 Å². The molecule has 1 heterocycles. The van der Waals surface area contributed by atoms with Gasteiger partial charge in [-0.05, 0) is 26.0 Å². The van der Waals surface area contributed by atoms with Crippen LogP contribution in [0.25, 0.3) is 0 Å². The van der Waals surface area contributed by atoms with E-state index < -0.39 is 5.97 Å². The van der Waals surface area contributed by atoms with Crippen LogP contribution in [0.15, 0.2) is 12.3 Å². The second-order valence-electron chi connectivity index (χ2n) is 4.92. The second kappa shape index (κ2) is 6.47. The van der Waals surface area contributed by atoms with Gasteiger partial charge < -0.3 is 15.3 Å². The fraction of sp³-hybridized carbons (Fsp3) is 0.615. The highest BCUT2D eigenvalue weighted by Crippen LogP contribution is 2.21. The standard InChI is InChI=1S/C13H20N4O2/c1-17(10-4-2-3-5-10)9-8-15-13-14-7-6-11(16-13)12(18)19/h6-7,10H,2-5,8-9H2,1H3,(H,18,19)(H,14,15,16). The zero-order chi connectivity index (χ0) is 13.7. The zero-order valence-corrected chi connectivity index (χ0v) is 11.2. The quantitative estimate of drug-likeness (QED) is 0.810. The van der Waals surface area contributed by atoms with E-state index in [9.17, 15) is 4.79 Å². The third-order valence-corrected chi connectivity index (χ3v) is 3.57. The van der Waals surface area contributed by atoms with E-state index in [1.165, 1.54) is 37.9 Å². The maximum absolute atomic E-state index is 10.8. The molecule has 1 aliphatic rings. The molecule has 0 aromatic carbocycles. The molecule has 6 heteroatoms. The molecule has 6 nitrogen and oxygen atoms in total. The SMILES string of the molecule is CN(CCNc1nccc(C(=O)O)n1)C1CCCC1. The number of hydrogen-bond acceptors (Lipinski definition) is 5. The molecule has 0 atom stereocenters. The molecular formula is C13H20N4O2. The van der Waals surface area contributed by atoms with E-state index in [1.807, 2.05) is 0 Å². The number of hydrogen-bond donors (Lipinski definition) is 2. The van der Waals surface area contributed by atoms with E-state index in [4.69, 9.17) is 5.11 Å². The molecule has 2 rings (SSSR count). The summed E-state index contributed by atoms with van der Waals surface area (Å²) < 4.78 is 0. The van der Waals surface area contributed by atoms with E-state index in [0.29, 0.717) is 12.0 Å². The van der Waals surface area contributed by atoms with Crippen molar-refractivity contribution in [2.75, 3.05) is 25.5 Å². The lowest BCUT2D eigenvalue weighted by molar-refractivity contribution is 0.0690. The molecule has 0 radical (unpaired) electrons. The maximum Gasteiger partial charge on any atom is 0.354 e. The Balaban J connectivity index is 1.78. The molecule has 1 fully saturated rings. The highest BCUT2D eigenvalue weighted by molar-refractivity contribution is 5.85. The molecule has 1 aliphatic carbocycles. The number of anilines is 1. The normalized spacial score (nSPS) is 15.9. The fourth-order valence-electron chi connectivity index (χ4n) is 2.43. The number of likely N-dealkylation sites (N-methyl/N-ethyl adjacent to an activating group) is 1. The highest BCUT2D eigenvalue weighted by Gasteiger charge is 2.18. The average Bonchev–Trinajstić information content (AvgIpc) is 2.93. The molecular weight excluding hydrogens is 244 g/mol. The van der Waals surface area contributed by atoms with Crippen LogP contribution < -0.4 is 5.32 Å². The predicted octanol–water partition coefficient (Wildman–Crippen LogP) is 1.46. The molecule has 19 heavy (non-hydrogen) atoms. The average molecular weight is 264 g/mol. The lowest BCUT2D eigenvalue weighted by atomic mass is 10.2. The first-order valence-electron chi connectivity index (χ1n) is 6.67. The Morgan fingerprint density at radius 3 is 2.95 bits per heavy atom. The van der Waals surface area contributed by atoms with Gasteiger partial charge >= 0.3 is 5.97 Å². The number of rotatable bonds is 6. The molecule has 1 aromatic rings. The van der Waals surface area contributed by atoms with Gasteiger partial charge in [-0.1, -0.05) is 12.8 Å². The van der Waals surface area contributed by atoms with Crippen molar-refractivity contribution >= 4 is 11.9 Å². The summed E-state index contributed by atoms with van der Waals surface area (Å²) in [5, 5.41) is 11.9. The summed E-state index contributed by atoms with van der Waals surface area (Å²) in [7, 11) is 2.13. The Labute approximate surface area is 112 Å². The molecule has 1 saturated carbocycles. The predicted molar refractivity (Wildman–Crippen MR) is 72.4 cm³/mol.